The van der Waals surface area contributed by atoms with Crippen molar-refractivity contribution in [2.45, 2.75) is 39.5 Å². The zero-order valence-corrected chi connectivity index (χ0v) is 18.9. The van der Waals surface area contributed by atoms with Crippen LogP contribution in [0.5, 0.6) is 0 Å². The normalized spacial score (nSPS) is 14.4. The summed E-state index contributed by atoms with van der Waals surface area (Å²) in [7, 11) is 0. The van der Waals surface area contributed by atoms with Crippen LogP contribution in [0, 0.1) is 0 Å². The number of hydrogen-bond donors (Lipinski definition) is 2. The lowest BCUT2D eigenvalue weighted by atomic mass is 10.0. The molecule has 1 aromatic rings. The molecule has 0 aromatic heterocycles. The average Bonchev–Trinajstić information content (AvgIpc) is 2.67. The fourth-order valence-electron chi connectivity index (χ4n) is 2.98. The molecule has 0 unspecified atom stereocenters. The zero-order valence-electron chi connectivity index (χ0n) is 16.5. The number of piperidine rings is 1. The first-order valence-electron chi connectivity index (χ1n) is 9.77. The summed E-state index contributed by atoms with van der Waals surface area (Å²) < 4.78 is 0. The Balaban J connectivity index is 0.00000364. The number of benzene rings is 1. The minimum absolute atomic E-state index is 0. The van der Waals surface area contributed by atoms with Crippen LogP contribution in [0.1, 0.15) is 45.1 Å². The molecule has 1 aromatic carbocycles. The van der Waals surface area contributed by atoms with E-state index in [-0.39, 0.29) is 29.9 Å². The van der Waals surface area contributed by atoms with Crippen molar-refractivity contribution in [3.63, 3.8) is 0 Å². The number of nitrogens with zero attached hydrogens (tertiary/aromatic N) is 2. The van der Waals surface area contributed by atoms with Gasteiger partial charge in [-0.25, -0.2) is 0 Å². The minimum Gasteiger partial charge on any atom is -0.357 e. The highest BCUT2D eigenvalue weighted by atomic mass is 127. The molecule has 1 saturated heterocycles. The van der Waals surface area contributed by atoms with Gasteiger partial charge in [-0.1, -0.05) is 48.9 Å². The van der Waals surface area contributed by atoms with E-state index in [1.807, 2.05) is 6.07 Å². The van der Waals surface area contributed by atoms with Gasteiger partial charge < -0.3 is 15.5 Å². The smallest absolute Gasteiger partial charge is 0.221 e. The van der Waals surface area contributed by atoms with Gasteiger partial charge in [0, 0.05) is 32.6 Å². The van der Waals surface area contributed by atoms with E-state index in [9.17, 15) is 4.79 Å². The van der Waals surface area contributed by atoms with Gasteiger partial charge in [-0.2, -0.15) is 0 Å². The number of nitrogens with one attached hydrogen (secondary N) is 2. The second kappa shape index (κ2) is 13.6. The summed E-state index contributed by atoms with van der Waals surface area (Å²) in [5.74, 6) is 1.01. The molecule has 1 heterocycles. The van der Waals surface area contributed by atoms with E-state index in [4.69, 9.17) is 0 Å². The predicted octanol–water partition coefficient (Wildman–Crippen LogP) is 3.67. The van der Waals surface area contributed by atoms with Crippen LogP contribution in [-0.4, -0.2) is 49.5 Å². The van der Waals surface area contributed by atoms with Crippen molar-refractivity contribution in [3.8, 4) is 0 Å². The maximum Gasteiger partial charge on any atom is 0.221 e. The number of carbonyl (C=O) groups is 1. The van der Waals surface area contributed by atoms with Crippen molar-refractivity contribution in [2.24, 2.45) is 4.99 Å². The SMILES string of the molecule is CCCNC(=O)CCN=C(NCC)N1CCC(=Cc2ccccc2)CC1.I. The molecular weight excluding hydrogens is 451 g/mol. The van der Waals surface area contributed by atoms with E-state index >= 15 is 0 Å². The number of halogens is 1. The molecule has 2 N–H and O–H groups in total. The third-order valence-electron chi connectivity index (χ3n) is 4.38. The van der Waals surface area contributed by atoms with E-state index < -0.39 is 0 Å². The zero-order chi connectivity index (χ0) is 18.6. The fraction of sp³-hybridized carbons (Fsp3) is 0.524. The van der Waals surface area contributed by atoms with Gasteiger partial charge in [-0.3, -0.25) is 9.79 Å². The number of carbonyl (C=O) groups excluding carboxylic acids is 1. The van der Waals surface area contributed by atoms with E-state index in [1.54, 1.807) is 0 Å². The average molecular weight is 484 g/mol. The summed E-state index contributed by atoms with van der Waals surface area (Å²) in [5.41, 5.74) is 2.76. The number of rotatable bonds is 7. The van der Waals surface area contributed by atoms with E-state index in [0.29, 0.717) is 13.0 Å². The fourth-order valence-corrected chi connectivity index (χ4v) is 2.98. The molecule has 0 bridgehead atoms. The van der Waals surface area contributed by atoms with Gasteiger partial charge in [0.15, 0.2) is 5.96 Å². The Labute approximate surface area is 180 Å². The predicted molar refractivity (Wildman–Crippen MR) is 125 cm³/mol. The van der Waals surface area contributed by atoms with E-state index in [0.717, 1.165) is 51.4 Å². The third-order valence-corrected chi connectivity index (χ3v) is 4.38. The van der Waals surface area contributed by atoms with E-state index in [2.05, 4.69) is 64.7 Å². The molecule has 0 aliphatic carbocycles. The third kappa shape index (κ3) is 8.77. The van der Waals surface area contributed by atoms with Crippen LogP contribution in [0.15, 0.2) is 40.9 Å². The summed E-state index contributed by atoms with van der Waals surface area (Å²) in [5, 5.41) is 6.26. The Bertz CT molecular complexity index is 606. The lowest BCUT2D eigenvalue weighted by molar-refractivity contribution is -0.120. The Morgan fingerprint density at radius 3 is 2.48 bits per heavy atom. The van der Waals surface area contributed by atoms with E-state index in [1.165, 1.54) is 11.1 Å². The molecule has 1 aliphatic heterocycles. The van der Waals surface area contributed by atoms with Gasteiger partial charge in [0.2, 0.25) is 5.91 Å². The van der Waals surface area contributed by atoms with Crippen molar-refractivity contribution < 1.29 is 4.79 Å². The standard InChI is InChI=1S/C21H32N4O.HI/c1-3-13-23-20(26)10-14-24-21(22-4-2)25-15-11-19(12-16-25)17-18-8-6-5-7-9-18;/h5-9,17H,3-4,10-16H2,1-2H3,(H,22,24)(H,23,26);1H. The first-order valence-corrected chi connectivity index (χ1v) is 9.77. The molecule has 5 nitrogen and oxygen atoms in total. The second-order valence-electron chi connectivity index (χ2n) is 6.54. The highest BCUT2D eigenvalue weighted by Crippen LogP contribution is 2.19. The van der Waals surface area contributed by atoms with Gasteiger partial charge >= 0.3 is 0 Å². The Morgan fingerprint density at radius 1 is 1.15 bits per heavy atom. The van der Waals surface area contributed by atoms with Crippen molar-refractivity contribution in [2.75, 3.05) is 32.7 Å². The van der Waals surface area contributed by atoms with Crippen LogP contribution < -0.4 is 10.6 Å². The van der Waals surface area contributed by atoms with Crippen LogP contribution in [0.2, 0.25) is 0 Å². The molecule has 1 aliphatic rings. The number of aliphatic imine (C=N–C) groups is 1. The van der Waals surface area contributed by atoms with Gasteiger partial charge in [0.1, 0.15) is 0 Å². The molecule has 1 amide bonds. The van der Waals surface area contributed by atoms with Crippen molar-refractivity contribution in [1.29, 1.82) is 0 Å². The highest BCUT2D eigenvalue weighted by Gasteiger charge is 2.17. The monoisotopic (exact) mass is 484 g/mol. The minimum atomic E-state index is 0. The Kier molecular flexibility index (Phi) is 11.8. The van der Waals surface area contributed by atoms with Gasteiger partial charge in [-0.05, 0) is 31.7 Å². The first kappa shape index (κ1) is 23.5. The van der Waals surface area contributed by atoms with Crippen LogP contribution >= 0.6 is 24.0 Å². The summed E-state index contributed by atoms with van der Waals surface area (Å²) in [6, 6.07) is 10.5. The number of amides is 1. The molecule has 1 fully saturated rings. The Hall–Kier alpha value is -1.57. The van der Waals surface area contributed by atoms with Gasteiger partial charge in [0.05, 0.1) is 6.54 Å². The quantitative estimate of drug-likeness (QED) is 0.353. The molecule has 0 spiro atoms. The highest BCUT2D eigenvalue weighted by molar-refractivity contribution is 14.0. The summed E-state index contributed by atoms with van der Waals surface area (Å²) in [6.45, 7) is 8.17. The molecule has 0 radical (unpaired) electrons. The molecule has 0 atom stereocenters. The lowest BCUT2D eigenvalue weighted by Gasteiger charge is -2.31. The number of likely N-dealkylation sites (tertiary alicyclic amines) is 1. The molecule has 2 rings (SSSR count). The molecule has 0 saturated carbocycles. The molecule has 6 heteroatoms. The van der Waals surface area contributed by atoms with Gasteiger partial charge in [0.25, 0.3) is 0 Å². The largest absolute Gasteiger partial charge is 0.357 e. The molecule has 150 valence electrons. The number of hydrogen-bond acceptors (Lipinski definition) is 2. The second-order valence-corrected chi connectivity index (χ2v) is 6.54. The van der Waals surface area contributed by atoms with Crippen LogP contribution in [0.4, 0.5) is 0 Å². The van der Waals surface area contributed by atoms with Crippen LogP contribution in [-0.2, 0) is 4.79 Å². The summed E-state index contributed by atoms with van der Waals surface area (Å²) in [6.07, 6.45) is 5.82. The Morgan fingerprint density at radius 2 is 1.85 bits per heavy atom. The summed E-state index contributed by atoms with van der Waals surface area (Å²) >= 11 is 0. The summed E-state index contributed by atoms with van der Waals surface area (Å²) in [4.78, 5) is 18.7. The van der Waals surface area contributed by atoms with Crippen molar-refractivity contribution in [1.82, 2.24) is 15.5 Å². The van der Waals surface area contributed by atoms with Gasteiger partial charge in [-0.15, -0.1) is 24.0 Å². The lowest BCUT2D eigenvalue weighted by Crippen LogP contribution is -2.44. The van der Waals surface area contributed by atoms with Crippen LogP contribution in [0.25, 0.3) is 6.08 Å². The van der Waals surface area contributed by atoms with Crippen molar-refractivity contribution in [3.05, 3.63) is 41.5 Å². The van der Waals surface area contributed by atoms with Crippen molar-refractivity contribution >= 4 is 41.9 Å². The number of guanidine groups is 1. The molecular formula is C21H33IN4O. The van der Waals surface area contributed by atoms with Crippen LogP contribution in [0.3, 0.4) is 0 Å². The maximum atomic E-state index is 11.7. The maximum absolute atomic E-state index is 11.7. The first-order chi connectivity index (χ1) is 12.7. The molecule has 27 heavy (non-hydrogen) atoms. The topological polar surface area (TPSA) is 56.7 Å².